The molecule has 6 nitrogen and oxygen atoms in total. The first-order valence-electron chi connectivity index (χ1n) is 8.33. The van der Waals surface area contributed by atoms with E-state index in [9.17, 15) is 4.79 Å². The lowest BCUT2D eigenvalue weighted by Crippen LogP contribution is -2.37. The molecule has 0 radical (unpaired) electrons. The lowest BCUT2D eigenvalue weighted by molar-refractivity contribution is -0.116. The van der Waals surface area contributed by atoms with Crippen LogP contribution >= 0.6 is 11.3 Å². The Morgan fingerprint density at radius 3 is 2.46 bits per heavy atom. The van der Waals surface area contributed by atoms with Gasteiger partial charge in [0.25, 0.3) is 0 Å². The molecule has 0 N–H and O–H groups in total. The van der Waals surface area contributed by atoms with Crippen LogP contribution in [0, 0.1) is 0 Å². The number of ether oxygens (including phenoxy) is 2. The van der Waals surface area contributed by atoms with Crippen LogP contribution in [0.25, 0.3) is 10.2 Å². The third-order valence-electron chi connectivity index (χ3n) is 4.19. The van der Waals surface area contributed by atoms with Crippen LogP contribution in [-0.4, -0.2) is 55.2 Å². The molecule has 1 amide bonds. The summed E-state index contributed by atoms with van der Waals surface area (Å²) in [4.78, 5) is 20.8. The van der Waals surface area contributed by atoms with Gasteiger partial charge in [-0.25, -0.2) is 4.98 Å². The number of carbonyl (C=O) groups excluding carboxylic acids is 1. The predicted molar refractivity (Wildman–Crippen MR) is 96.4 cm³/mol. The predicted octanol–water partition coefficient (Wildman–Crippen LogP) is 2.76. The van der Waals surface area contributed by atoms with Crippen LogP contribution in [0.1, 0.15) is 20.8 Å². The van der Waals surface area contributed by atoms with E-state index in [1.165, 1.54) is 11.3 Å². The van der Waals surface area contributed by atoms with Crippen molar-refractivity contribution in [1.29, 1.82) is 0 Å². The van der Waals surface area contributed by atoms with Crippen LogP contribution in [0.5, 0.6) is 11.5 Å². The number of benzene rings is 1. The molecule has 1 aliphatic heterocycles. The zero-order valence-corrected chi connectivity index (χ0v) is 15.2. The Morgan fingerprint density at radius 2 is 1.83 bits per heavy atom. The van der Waals surface area contributed by atoms with Gasteiger partial charge >= 0.3 is 0 Å². The molecule has 0 atom stereocenters. The maximum absolute atomic E-state index is 12.1. The fourth-order valence-electron chi connectivity index (χ4n) is 2.74. The Bertz CT molecular complexity index is 684. The maximum atomic E-state index is 12.1. The van der Waals surface area contributed by atoms with Gasteiger partial charge in [-0.15, -0.1) is 0 Å². The quantitative estimate of drug-likeness (QED) is 0.803. The minimum absolute atomic E-state index is 0.0125. The first-order valence-corrected chi connectivity index (χ1v) is 9.14. The first-order chi connectivity index (χ1) is 11.6. The summed E-state index contributed by atoms with van der Waals surface area (Å²) in [5, 5.41) is 0.729. The number of rotatable bonds is 6. The molecule has 24 heavy (non-hydrogen) atoms. The van der Waals surface area contributed by atoms with Crippen LogP contribution in [-0.2, 0) is 4.79 Å². The van der Waals surface area contributed by atoms with Crippen LogP contribution < -0.4 is 14.4 Å². The normalized spacial score (nSPS) is 13.5. The fourth-order valence-corrected chi connectivity index (χ4v) is 3.78. The third-order valence-corrected chi connectivity index (χ3v) is 5.23. The minimum Gasteiger partial charge on any atom is -0.486 e. The van der Waals surface area contributed by atoms with Gasteiger partial charge in [0.2, 0.25) is 5.91 Å². The van der Waals surface area contributed by atoms with Crippen LogP contribution in [0.3, 0.4) is 0 Å². The largest absolute Gasteiger partial charge is 0.486 e. The van der Waals surface area contributed by atoms with Crippen LogP contribution in [0.2, 0.25) is 0 Å². The summed E-state index contributed by atoms with van der Waals surface area (Å²) in [6.45, 7) is 10.4. The van der Waals surface area contributed by atoms with Gasteiger partial charge in [-0.3, -0.25) is 9.69 Å². The molecule has 2 aromatic rings. The molecular weight excluding hydrogens is 326 g/mol. The topological polar surface area (TPSA) is 54.9 Å². The maximum Gasteiger partial charge on any atom is 0.225 e. The van der Waals surface area contributed by atoms with E-state index in [1.54, 1.807) is 11.8 Å². The molecule has 0 spiro atoms. The van der Waals surface area contributed by atoms with Crippen LogP contribution in [0.4, 0.5) is 5.13 Å². The van der Waals surface area contributed by atoms with Crippen molar-refractivity contribution >= 4 is 32.6 Å². The molecule has 0 fully saturated rings. The average Bonchev–Trinajstić information content (AvgIpc) is 2.98. The SMILES string of the molecule is CCN(CC)CCN(C(C)=O)c1nc2cc3c(cc2s1)OCCO3. The zero-order valence-electron chi connectivity index (χ0n) is 14.4. The smallest absolute Gasteiger partial charge is 0.225 e. The van der Waals surface area contributed by atoms with Gasteiger partial charge < -0.3 is 14.4 Å². The van der Waals surface area contributed by atoms with Crippen molar-refractivity contribution in [3.8, 4) is 11.5 Å². The summed E-state index contributed by atoms with van der Waals surface area (Å²) in [6, 6.07) is 3.85. The molecule has 2 heterocycles. The van der Waals surface area contributed by atoms with Gasteiger partial charge in [0.05, 0.1) is 10.2 Å². The second-order valence-corrected chi connectivity index (χ2v) is 6.67. The van der Waals surface area contributed by atoms with E-state index in [-0.39, 0.29) is 5.91 Å². The van der Waals surface area contributed by atoms with Gasteiger partial charge in [0, 0.05) is 32.1 Å². The Hall–Kier alpha value is -1.86. The first kappa shape index (κ1) is 17.0. The molecule has 0 saturated heterocycles. The fraction of sp³-hybridized carbons (Fsp3) is 0.529. The molecule has 0 saturated carbocycles. The van der Waals surface area contributed by atoms with Gasteiger partial charge in [-0.2, -0.15) is 0 Å². The molecule has 0 aliphatic carbocycles. The Balaban J connectivity index is 1.86. The minimum atomic E-state index is 0.0125. The highest BCUT2D eigenvalue weighted by molar-refractivity contribution is 7.22. The van der Waals surface area contributed by atoms with Gasteiger partial charge in [-0.1, -0.05) is 25.2 Å². The van der Waals surface area contributed by atoms with Gasteiger partial charge in [-0.05, 0) is 13.1 Å². The van der Waals surface area contributed by atoms with E-state index < -0.39 is 0 Å². The van der Waals surface area contributed by atoms with Gasteiger partial charge in [0.15, 0.2) is 16.6 Å². The number of likely N-dealkylation sites (N-methyl/N-ethyl adjacent to an activating group) is 1. The molecule has 1 aromatic carbocycles. The summed E-state index contributed by atoms with van der Waals surface area (Å²) in [6.07, 6.45) is 0. The second-order valence-electron chi connectivity index (χ2n) is 5.66. The van der Waals surface area contributed by atoms with E-state index >= 15 is 0 Å². The summed E-state index contributed by atoms with van der Waals surface area (Å²) >= 11 is 1.51. The third kappa shape index (κ3) is 3.47. The van der Waals surface area contributed by atoms with E-state index in [4.69, 9.17) is 9.47 Å². The number of thiazole rings is 1. The monoisotopic (exact) mass is 349 g/mol. The standard InChI is InChI=1S/C17H23N3O3S/c1-4-19(5-2)6-7-20(12(3)21)17-18-13-10-14-15(11-16(13)24-17)23-9-8-22-14/h10-11H,4-9H2,1-3H3. The van der Waals surface area contributed by atoms with E-state index in [0.717, 1.165) is 46.5 Å². The van der Waals surface area contributed by atoms with Crippen molar-refractivity contribution in [1.82, 2.24) is 9.88 Å². The number of nitrogens with zero attached hydrogens (tertiary/aromatic N) is 3. The highest BCUT2D eigenvalue weighted by Gasteiger charge is 2.20. The molecule has 0 bridgehead atoms. The Labute approximate surface area is 146 Å². The number of hydrogen-bond acceptors (Lipinski definition) is 6. The van der Waals surface area contributed by atoms with E-state index in [2.05, 4.69) is 23.7 Å². The zero-order chi connectivity index (χ0) is 17.1. The number of amides is 1. The molecule has 1 aliphatic rings. The average molecular weight is 349 g/mol. The number of fused-ring (bicyclic) bond motifs is 2. The molecule has 130 valence electrons. The summed E-state index contributed by atoms with van der Waals surface area (Å²) in [5.41, 5.74) is 0.841. The summed E-state index contributed by atoms with van der Waals surface area (Å²) in [7, 11) is 0. The van der Waals surface area contributed by atoms with E-state index in [1.807, 2.05) is 12.1 Å². The van der Waals surface area contributed by atoms with Crippen molar-refractivity contribution in [3.63, 3.8) is 0 Å². The number of carbonyl (C=O) groups is 1. The van der Waals surface area contributed by atoms with Crippen molar-refractivity contribution < 1.29 is 14.3 Å². The van der Waals surface area contributed by atoms with Crippen molar-refractivity contribution in [2.45, 2.75) is 20.8 Å². The number of aromatic nitrogens is 1. The van der Waals surface area contributed by atoms with E-state index in [0.29, 0.717) is 19.8 Å². The van der Waals surface area contributed by atoms with Gasteiger partial charge in [0.1, 0.15) is 13.2 Å². The van der Waals surface area contributed by atoms with Crippen LogP contribution in [0.15, 0.2) is 12.1 Å². The molecular formula is C17H23N3O3S. The number of anilines is 1. The highest BCUT2D eigenvalue weighted by Crippen LogP contribution is 2.38. The molecule has 1 aromatic heterocycles. The highest BCUT2D eigenvalue weighted by atomic mass is 32.1. The lowest BCUT2D eigenvalue weighted by atomic mass is 10.3. The molecule has 7 heteroatoms. The molecule has 0 unspecified atom stereocenters. The Morgan fingerprint density at radius 1 is 1.17 bits per heavy atom. The van der Waals surface area contributed by atoms with Crippen molar-refractivity contribution in [3.05, 3.63) is 12.1 Å². The second kappa shape index (κ2) is 7.36. The van der Waals surface area contributed by atoms with Crippen molar-refractivity contribution in [2.75, 3.05) is 44.3 Å². The van der Waals surface area contributed by atoms with Crippen molar-refractivity contribution in [2.24, 2.45) is 0 Å². The number of hydrogen-bond donors (Lipinski definition) is 0. The summed E-state index contributed by atoms with van der Waals surface area (Å²) < 4.78 is 12.2. The lowest BCUT2D eigenvalue weighted by Gasteiger charge is -2.23. The summed E-state index contributed by atoms with van der Waals surface area (Å²) in [5.74, 6) is 1.49. The Kier molecular flexibility index (Phi) is 5.20. The molecule has 3 rings (SSSR count).